The van der Waals surface area contributed by atoms with E-state index in [4.69, 9.17) is 4.74 Å². The average Bonchev–Trinajstić information content (AvgIpc) is 2.37. The SMILES string of the molecule is CCCOc1cccc(CN[C@H](CO)C(C)C)c1. The largest absolute Gasteiger partial charge is 0.494 e. The summed E-state index contributed by atoms with van der Waals surface area (Å²) in [5.74, 6) is 1.34. The molecule has 0 saturated heterocycles. The van der Waals surface area contributed by atoms with Crippen molar-refractivity contribution in [3.63, 3.8) is 0 Å². The Morgan fingerprint density at radius 3 is 2.72 bits per heavy atom. The van der Waals surface area contributed by atoms with Crippen LogP contribution in [-0.4, -0.2) is 24.4 Å². The maximum absolute atomic E-state index is 9.26. The highest BCUT2D eigenvalue weighted by Crippen LogP contribution is 2.14. The van der Waals surface area contributed by atoms with E-state index in [1.807, 2.05) is 12.1 Å². The van der Waals surface area contributed by atoms with Crippen molar-refractivity contribution in [3.8, 4) is 5.75 Å². The minimum atomic E-state index is 0.144. The molecule has 0 heterocycles. The first-order valence-electron chi connectivity index (χ1n) is 6.73. The summed E-state index contributed by atoms with van der Waals surface area (Å²) < 4.78 is 5.60. The van der Waals surface area contributed by atoms with Crippen LogP contribution >= 0.6 is 0 Å². The zero-order chi connectivity index (χ0) is 13.4. The third kappa shape index (κ3) is 5.07. The number of aliphatic hydroxyl groups excluding tert-OH is 1. The fourth-order valence-electron chi connectivity index (χ4n) is 1.73. The predicted octanol–water partition coefficient (Wildman–Crippen LogP) is 2.58. The molecule has 1 rings (SSSR count). The summed E-state index contributed by atoms with van der Waals surface area (Å²) in [6, 6.07) is 8.25. The summed E-state index contributed by atoms with van der Waals surface area (Å²) in [4.78, 5) is 0. The normalized spacial score (nSPS) is 12.7. The van der Waals surface area contributed by atoms with E-state index < -0.39 is 0 Å². The van der Waals surface area contributed by atoms with Crippen LogP contribution in [0.3, 0.4) is 0 Å². The van der Waals surface area contributed by atoms with Crippen molar-refractivity contribution in [3.05, 3.63) is 29.8 Å². The highest BCUT2D eigenvalue weighted by atomic mass is 16.5. The number of benzene rings is 1. The van der Waals surface area contributed by atoms with Crippen LogP contribution in [0.1, 0.15) is 32.8 Å². The van der Waals surface area contributed by atoms with Crippen LogP contribution in [0.15, 0.2) is 24.3 Å². The van der Waals surface area contributed by atoms with Gasteiger partial charge in [-0.15, -0.1) is 0 Å². The van der Waals surface area contributed by atoms with E-state index in [-0.39, 0.29) is 12.6 Å². The number of nitrogens with one attached hydrogen (secondary N) is 1. The minimum Gasteiger partial charge on any atom is -0.494 e. The number of aliphatic hydroxyl groups is 1. The molecule has 1 atom stereocenters. The molecule has 1 aromatic rings. The lowest BCUT2D eigenvalue weighted by Crippen LogP contribution is -2.36. The number of hydrogen-bond donors (Lipinski definition) is 2. The summed E-state index contributed by atoms with van der Waals surface area (Å²) in [6.45, 7) is 7.99. The molecule has 0 aromatic heterocycles. The van der Waals surface area contributed by atoms with Crippen molar-refractivity contribution < 1.29 is 9.84 Å². The topological polar surface area (TPSA) is 41.5 Å². The van der Waals surface area contributed by atoms with Gasteiger partial charge in [0.05, 0.1) is 13.2 Å². The molecule has 0 spiro atoms. The van der Waals surface area contributed by atoms with Crippen LogP contribution in [0.4, 0.5) is 0 Å². The Morgan fingerprint density at radius 1 is 1.33 bits per heavy atom. The van der Waals surface area contributed by atoms with E-state index in [1.54, 1.807) is 0 Å². The van der Waals surface area contributed by atoms with Gasteiger partial charge in [-0.25, -0.2) is 0 Å². The Bertz CT molecular complexity index is 339. The minimum absolute atomic E-state index is 0.144. The first-order valence-corrected chi connectivity index (χ1v) is 6.73. The third-order valence-electron chi connectivity index (χ3n) is 2.94. The second kappa shape index (κ2) is 8.11. The van der Waals surface area contributed by atoms with Gasteiger partial charge in [-0.2, -0.15) is 0 Å². The maximum Gasteiger partial charge on any atom is 0.119 e. The lowest BCUT2D eigenvalue weighted by atomic mass is 10.1. The van der Waals surface area contributed by atoms with E-state index in [0.29, 0.717) is 5.92 Å². The van der Waals surface area contributed by atoms with E-state index in [0.717, 1.165) is 25.3 Å². The van der Waals surface area contributed by atoms with Gasteiger partial charge in [0.1, 0.15) is 5.75 Å². The summed E-state index contributed by atoms with van der Waals surface area (Å²) in [5.41, 5.74) is 1.18. The summed E-state index contributed by atoms with van der Waals surface area (Å²) in [6.07, 6.45) is 1.02. The van der Waals surface area contributed by atoms with Crippen molar-refractivity contribution in [1.29, 1.82) is 0 Å². The molecule has 0 aliphatic carbocycles. The molecule has 0 unspecified atom stereocenters. The van der Waals surface area contributed by atoms with Gasteiger partial charge < -0.3 is 15.2 Å². The van der Waals surface area contributed by atoms with E-state index in [2.05, 4.69) is 38.2 Å². The van der Waals surface area contributed by atoms with E-state index in [1.165, 1.54) is 5.56 Å². The summed E-state index contributed by atoms with van der Waals surface area (Å²) >= 11 is 0. The molecule has 0 amide bonds. The Morgan fingerprint density at radius 2 is 2.11 bits per heavy atom. The lowest BCUT2D eigenvalue weighted by molar-refractivity contribution is 0.210. The van der Waals surface area contributed by atoms with Gasteiger partial charge >= 0.3 is 0 Å². The molecule has 0 bridgehead atoms. The Balaban J connectivity index is 2.51. The van der Waals surface area contributed by atoms with Gasteiger partial charge in [0.2, 0.25) is 0 Å². The molecule has 2 N–H and O–H groups in total. The molecule has 1 aromatic carbocycles. The standard InChI is InChI=1S/C15H25NO2/c1-4-8-18-14-7-5-6-13(9-14)10-16-15(11-17)12(2)3/h5-7,9,12,15-17H,4,8,10-11H2,1-3H3/t15-/m1/s1. The molecule has 102 valence electrons. The smallest absolute Gasteiger partial charge is 0.119 e. The van der Waals surface area contributed by atoms with Crippen LogP contribution < -0.4 is 10.1 Å². The molecule has 0 aliphatic rings. The highest BCUT2D eigenvalue weighted by Gasteiger charge is 2.10. The molecular formula is C15H25NO2. The van der Waals surface area contributed by atoms with Crippen molar-refractivity contribution >= 4 is 0 Å². The summed E-state index contributed by atoms with van der Waals surface area (Å²) in [5, 5.41) is 12.6. The number of ether oxygens (including phenoxy) is 1. The monoisotopic (exact) mass is 251 g/mol. The predicted molar refractivity (Wildman–Crippen MR) is 74.8 cm³/mol. The molecule has 0 fully saturated rings. The van der Waals surface area contributed by atoms with Crippen molar-refractivity contribution in [1.82, 2.24) is 5.32 Å². The van der Waals surface area contributed by atoms with Crippen LogP contribution in [0.2, 0.25) is 0 Å². The second-order valence-electron chi connectivity index (χ2n) is 4.91. The Hall–Kier alpha value is -1.06. The number of hydrogen-bond acceptors (Lipinski definition) is 3. The first-order chi connectivity index (χ1) is 8.67. The van der Waals surface area contributed by atoms with E-state index in [9.17, 15) is 5.11 Å². The zero-order valence-corrected chi connectivity index (χ0v) is 11.6. The molecule has 0 radical (unpaired) electrons. The van der Waals surface area contributed by atoms with Crippen molar-refractivity contribution in [2.24, 2.45) is 5.92 Å². The maximum atomic E-state index is 9.26. The Kier molecular flexibility index (Phi) is 6.76. The molecule has 0 aliphatic heterocycles. The average molecular weight is 251 g/mol. The highest BCUT2D eigenvalue weighted by molar-refractivity contribution is 5.28. The van der Waals surface area contributed by atoms with Gasteiger partial charge in [0.25, 0.3) is 0 Å². The second-order valence-corrected chi connectivity index (χ2v) is 4.91. The van der Waals surface area contributed by atoms with Gasteiger partial charge in [-0.05, 0) is 30.0 Å². The molecule has 3 heteroatoms. The molecular weight excluding hydrogens is 226 g/mol. The molecule has 3 nitrogen and oxygen atoms in total. The first kappa shape index (κ1) is 15.0. The quantitative estimate of drug-likeness (QED) is 0.746. The van der Waals surface area contributed by atoms with Gasteiger partial charge in [-0.1, -0.05) is 32.9 Å². The van der Waals surface area contributed by atoms with Crippen LogP contribution in [-0.2, 0) is 6.54 Å². The van der Waals surface area contributed by atoms with Gasteiger partial charge in [-0.3, -0.25) is 0 Å². The summed E-state index contributed by atoms with van der Waals surface area (Å²) in [7, 11) is 0. The third-order valence-corrected chi connectivity index (χ3v) is 2.94. The lowest BCUT2D eigenvalue weighted by Gasteiger charge is -2.20. The van der Waals surface area contributed by atoms with Crippen LogP contribution in [0.25, 0.3) is 0 Å². The number of rotatable bonds is 8. The van der Waals surface area contributed by atoms with E-state index >= 15 is 0 Å². The van der Waals surface area contributed by atoms with Crippen molar-refractivity contribution in [2.45, 2.75) is 39.8 Å². The Labute approximate surface area is 110 Å². The molecule has 18 heavy (non-hydrogen) atoms. The molecule has 0 saturated carbocycles. The van der Waals surface area contributed by atoms with Crippen molar-refractivity contribution in [2.75, 3.05) is 13.2 Å². The van der Waals surface area contributed by atoms with Gasteiger partial charge in [0.15, 0.2) is 0 Å². The fourth-order valence-corrected chi connectivity index (χ4v) is 1.73. The fraction of sp³-hybridized carbons (Fsp3) is 0.600. The van der Waals surface area contributed by atoms with Gasteiger partial charge in [0, 0.05) is 12.6 Å². The zero-order valence-electron chi connectivity index (χ0n) is 11.6. The van der Waals surface area contributed by atoms with Crippen LogP contribution in [0.5, 0.6) is 5.75 Å². The van der Waals surface area contributed by atoms with Crippen LogP contribution in [0, 0.1) is 5.92 Å².